The first-order valence-corrected chi connectivity index (χ1v) is 6.13. The van der Waals surface area contributed by atoms with Gasteiger partial charge in [-0.1, -0.05) is 12.1 Å². The molecule has 3 nitrogen and oxygen atoms in total. The zero-order valence-electron chi connectivity index (χ0n) is 10.4. The number of Topliss-reactive ketones (excluding diaryl/α,β-unsaturated/α-hetero) is 1. The van der Waals surface area contributed by atoms with Gasteiger partial charge in [0.1, 0.15) is 11.5 Å². The molecule has 0 aromatic heterocycles. The molecule has 0 atom stereocenters. The van der Waals surface area contributed by atoms with Crippen LogP contribution in [0, 0.1) is 0 Å². The van der Waals surface area contributed by atoms with Crippen molar-refractivity contribution in [3.8, 4) is 5.75 Å². The maximum absolute atomic E-state index is 10.8. The Bertz CT molecular complexity index is 350. The van der Waals surface area contributed by atoms with Crippen LogP contribution in [0.2, 0.25) is 0 Å². The summed E-state index contributed by atoms with van der Waals surface area (Å²) in [6, 6.07) is 8.06. The van der Waals surface area contributed by atoms with E-state index in [4.69, 9.17) is 10.5 Å². The Morgan fingerprint density at radius 3 is 2.88 bits per heavy atom. The number of ketones is 1. The van der Waals surface area contributed by atoms with Crippen molar-refractivity contribution < 1.29 is 9.53 Å². The van der Waals surface area contributed by atoms with Gasteiger partial charge in [-0.25, -0.2) is 0 Å². The molecule has 0 fully saturated rings. The first-order chi connectivity index (χ1) is 8.22. The topological polar surface area (TPSA) is 52.3 Å². The molecule has 0 saturated carbocycles. The lowest BCUT2D eigenvalue weighted by Gasteiger charge is -2.07. The Kier molecular flexibility index (Phi) is 6.33. The fourth-order valence-corrected chi connectivity index (χ4v) is 1.61. The lowest BCUT2D eigenvalue weighted by molar-refractivity contribution is -0.117. The van der Waals surface area contributed by atoms with Crippen molar-refractivity contribution in [1.82, 2.24) is 0 Å². The SMILES string of the molecule is CC(=O)CCCOc1cccc(CCCN)c1. The number of carbonyl (C=O) groups is 1. The molecule has 3 heteroatoms. The van der Waals surface area contributed by atoms with E-state index < -0.39 is 0 Å². The first kappa shape index (κ1) is 13.7. The van der Waals surface area contributed by atoms with E-state index in [1.54, 1.807) is 6.92 Å². The molecule has 0 aliphatic rings. The van der Waals surface area contributed by atoms with Gasteiger partial charge in [-0.05, 0) is 50.4 Å². The predicted molar refractivity (Wildman–Crippen MR) is 69.2 cm³/mol. The summed E-state index contributed by atoms with van der Waals surface area (Å²) in [6.07, 6.45) is 3.35. The molecule has 0 saturated heterocycles. The number of hydrogen-bond acceptors (Lipinski definition) is 3. The van der Waals surface area contributed by atoms with Gasteiger partial charge >= 0.3 is 0 Å². The molecule has 0 unspecified atom stereocenters. The Labute approximate surface area is 103 Å². The fourth-order valence-electron chi connectivity index (χ4n) is 1.61. The first-order valence-electron chi connectivity index (χ1n) is 6.13. The van der Waals surface area contributed by atoms with Gasteiger partial charge in [-0.15, -0.1) is 0 Å². The summed E-state index contributed by atoms with van der Waals surface area (Å²) >= 11 is 0. The molecular formula is C14H21NO2. The number of nitrogens with two attached hydrogens (primary N) is 1. The summed E-state index contributed by atoms with van der Waals surface area (Å²) in [5.74, 6) is 1.09. The molecule has 0 amide bonds. The second-order valence-corrected chi connectivity index (χ2v) is 4.19. The molecule has 0 aliphatic carbocycles. The van der Waals surface area contributed by atoms with Gasteiger partial charge in [-0.3, -0.25) is 0 Å². The predicted octanol–water partition coefficient (Wildman–Crippen LogP) is 2.33. The Hall–Kier alpha value is -1.35. The molecule has 1 aromatic rings. The molecule has 94 valence electrons. The number of carbonyl (C=O) groups excluding carboxylic acids is 1. The number of aryl methyl sites for hydroxylation is 1. The standard InChI is InChI=1S/C14H21NO2/c1-12(16)5-4-10-17-14-8-2-6-13(11-14)7-3-9-15/h2,6,8,11H,3-5,7,9-10,15H2,1H3. The average Bonchev–Trinajstić information content (AvgIpc) is 2.32. The van der Waals surface area contributed by atoms with Gasteiger partial charge in [0.05, 0.1) is 6.61 Å². The van der Waals surface area contributed by atoms with Crippen molar-refractivity contribution in [3.63, 3.8) is 0 Å². The molecular weight excluding hydrogens is 214 g/mol. The van der Waals surface area contributed by atoms with Crippen molar-refractivity contribution in [3.05, 3.63) is 29.8 Å². The highest BCUT2D eigenvalue weighted by Gasteiger charge is 1.98. The van der Waals surface area contributed by atoms with Crippen molar-refractivity contribution in [1.29, 1.82) is 0 Å². The summed E-state index contributed by atoms with van der Waals surface area (Å²) in [4.78, 5) is 10.8. The van der Waals surface area contributed by atoms with E-state index in [1.165, 1.54) is 5.56 Å². The zero-order valence-corrected chi connectivity index (χ0v) is 10.4. The summed E-state index contributed by atoms with van der Waals surface area (Å²) in [5, 5.41) is 0. The largest absolute Gasteiger partial charge is 0.494 e. The van der Waals surface area contributed by atoms with Crippen LogP contribution in [0.1, 0.15) is 31.7 Å². The summed E-state index contributed by atoms with van der Waals surface area (Å²) in [6.45, 7) is 2.91. The minimum atomic E-state index is 0.213. The third kappa shape index (κ3) is 6.07. The molecule has 0 heterocycles. The minimum Gasteiger partial charge on any atom is -0.494 e. The number of benzene rings is 1. The van der Waals surface area contributed by atoms with Crippen LogP contribution in [0.4, 0.5) is 0 Å². The monoisotopic (exact) mass is 235 g/mol. The van der Waals surface area contributed by atoms with Crippen LogP contribution in [0.15, 0.2) is 24.3 Å². The minimum absolute atomic E-state index is 0.213. The molecule has 2 N–H and O–H groups in total. The fraction of sp³-hybridized carbons (Fsp3) is 0.500. The van der Waals surface area contributed by atoms with Crippen LogP contribution in [-0.2, 0) is 11.2 Å². The Morgan fingerprint density at radius 1 is 1.35 bits per heavy atom. The van der Waals surface area contributed by atoms with Gasteiger partial charge in [0.15, 0.2) is 0 Å². The van der Waals surface area contributed by atoms with E-state index in [9.17, 15) is 4.79 Å². The van der Waals surface area contributed by atoms with Crippen LogP contribution in [0.5, 0.6) is 5.75 Å². The molecule has 1 aromatic carbocycles. The highest BCUT2D eigenvalue weighted by atomic mass is 16.5. The van der Waals surface area contributed by atoms with Crippen LogP contribution in [-0.4, -0.2) is 18.9 Å². The molecule has 0 spiro atoms. The van der Waals surface area contributed by atoms with Gasteiger partial charge < -0.3 is 15.3 Å². The number of hydrogen-bond donors (Lipinski definition) is 1. The maximum atomic E-state index is 10.8. The third-order valence-corrected chi connectivity index (χ3v) is 2.51. The molecule has 0 aliphatic heterocycles. The van der Waals surface area contributed by atoms with E-state index in [1.807, 2.05) is 18.2 Å². The van der Waals surface area contributed by atoms with Crippen molar-refractivity contribution >= 4 is 5.78 Å². The van der Waals surface area contributed by atoms with E-state index >= 15 is 0 Å². The molecule has 1 rings (SSSR count). The summed E-state index contributed by atoms with van der Waals surface area (Å²) < 4.78 is 5.59. The van der Waals surface area contributed by atoms with Gasteiger partial charge in [-0.2, -0.15) is 0 Å². The quantitative estimate of drug-likeness (QED) is 0.703. The van der Waals surface area contributed by atoms with Crippen molar-refractivity contribution in [2.75, 3.05) is 13.2 Å². The van der Waals surface area contributed by atoms with Crippen molar-refractivity contribution in [2.45, 2.75) is 32.6 Å². The Morgan fingerprint density at radius 2 is 2.18 bits per heavy atom. The van der Waals surface area contributed by atoms with Crippen LogP contribution >= 0.6 is 0 Å². The smallest absolute Gasteiger partial charge is 0.129 e. The third-order valence-electron chi connectivity index (χ3n) is 2.51. The van der Waals surface area contributed by atoms with Crippen LogP contribution < -0.4 is 10.5 Å². The van der Waals surface area contributed by atoms with E-state index in [2.05, 4.69) is 6.07 Å². The average molecular weight is 235 g/mol. The normalized spacial score (nSPS) is 10.2. The van der Waals surface area contributed by atoms with E-state index in [0.717, 1.165) is 25.0 Å². The van der Waals surface area contributed by atoms with Gasteiger partial charge in [0.25, 0.3) is 0 Å². The van der Waals surface area contributed by atoms with Crippen LogP contribution in [0.25, 0.3) is 0 Å². The highest BCUT2D eigenvalue weighted by molar-refractivity contribution is 5.75. The van der Waals surface area contributed by atoms with E-state index in [-0.39, 0.29) is 5.78 Å². The number of ether oxygens (including phenoxy) is 1. The molecule has 17 heavy (non-hydrogen) atoms. The van der Waals surface area contributed by atoms with Gasteiger partial charge in [0, 0.05) is 6.42 Å². The summed E-state index contributed by atoms with van der Waals surface area (Å²) in [7, 11) is 0. The maximum Gasteiger partial charge on any atom is 0.129 e. The lowest BCUT2D eigenvalue weighted by Crippen LogP contribution is -2.02. The van der Waals surface area contributed by atoms with Crippen LogP contribution in [0.3, 0.4) is 0 Å². The second kappa shape index (κ2) is 7.85. The molecule has 0 radical (unpaired) electrons. The lowest BCUT2D eigenvalue weighted by atomic mass is 10.1. The zero-order chi connectivity index (χ0) is 12.5. The number of rotatable bonds is 8. The van der Waals surface area contributed by atoms with Crippen molar-refractivity contribution in [2.24, 2.45) is 5.73 Å². The summed E-state index contributed by atoms with van der Waals surface area (Å²) in [5.41, 5.74) is 6.73. The molecule has 0 bridgehead atoms. The second-order valence-electron chi connectivity index (χ2n) is 4.19. The van der Waals surface area contributed by atoms with Gasteiger partial charge in [0.2, 0.25) is 0 Å². The van der Waals surface area contributed by atoms with E-state index in [0.29, 0.717) is 19.6 Å². The Balaban J connectivity index is 2.34. The highest BCUT2D eigenvalue weighted by Crippen LogP contribution is 2.14.